The molecule has 4 amide bonds. The number of halogens is 3. The largest absolute Gasteiger partial charge is 0.493 e. The second-order valence-corrected chi connectivity index (χ2v) is 9.24. The Morgan fingerprint density at radius 2 is 1.30 bits per heavy atom. The first kappa shape index (κ1) is 29.5. The molecule has 44 heavy (non-hydrogen) atoms. The van der Waals surface area contributed by atoms with E-state index in [1.807, 2.05) is 0 Å². The van der Waals surface area contributed by atoms with Crippen molar-refractivity contribution in [1.29, 1.82) is 0 Å². The Morgan fingerprint density at radius 1 is 0.750 bits per heavy atom. The monoisotopic (exact) mass is 603 g/mol. The van der Waals surface area contributed by atoms with Crippen LogP contribution < -0.4 is 19.3 Å². The molecule has 1 saturated heterocycles. The van der Waals surface area contributed by atoms with Gasteiger partial charge in [0.2, 0.25) is 5.75 Å². The molecular formula is C31H20F3N3O7. The van der Waals surface area contributed by atoms with E-state index in [2.05, 4.69) is 0 Å². The number of barbiturate groups is 1. The van der Waals surface area contributed by atoms with Crippen molar-refractivity contribution in [2.24, 2.45) is 0 Å². The number of amides is 4. The van der Waals surface area contributed by atoms with Crippen LogP contribution in [0.4, 0.5) is 35.0 Å². The van der Waals surface area contributed by atoms with Crippen LogP contribution in [0.25, 0.3) is 6.08 Å². The van der Waals surface area contributed by atoms with E-state index in [9.17, 15) is 37.7 Å². The molecule has 4 aromatic carbocycles. The Morgan fingerprint density at radius 3 is 1.80 bits per heavy atom. The predicted molar refractivity (Wildman–Crippen MR) is 152 cm³/mol. The molecule has 13 heteroatoms. The van der Waals surface area contributed by atoms with E-state index in [1.165, 1.54) is 31.4 Å². The average Bonchev–Trinajstić information content (AvgIpc) is 3.00. The lowest BCUT2D eigenvalue weighted by molar-refractivity contribution is -0.385. The Labute approximate surface area is 247 Å². The van der Waals surface area contributed by atoms with Gasteiger partial charge in [-0.25, -0.2) is 14.6 Å². The van der Waals surface area contributed by atoms with Crippen LogP contribution in [-0.4, -0.2) is 29.9 Å². The molecule has 0 radical (unpaired) electrons. The summed E-state index contributed by atoms with van der Waals surface area (Å²) in [5.74, 6) is -2.33. The zero-order chi connectivity index (χ0) is 31.6. The molecule has 0 saturated carbocycles. The number of carbonyl (C=O) groups is 3. The molecule has 0 N–H and O–H groups in total. The lowest BCUT2D eigenvalue weighted by atomic mass is 10.0. The molecule has 0 unspecified atom stereocenters. The summed E-state index contributed by atoms with van der Waals surface area (Å²) in [7, 11) is 1.25. The summed E-state index contributed by atoms with van der Waals surface area (Å²) in [6, 6.07) is 21.1. The third-order valence-electron chi connectivity index (χ3n) is 6.48. The zero-order valence-electron chi connectivity index (χ0n) is 22.6. The van der Waals surface area contributed by atoms with Crippen LogP contribution in [-0.2, 0) is 15.8 Å². The van der Waals surface area contributed by atoms with Crippen molar-refractivity contribution >= 4 is 41.0 Å². The number of nitrogens with zero attached hydrogens (tertiary/aromatic N) is 3. The number of nitro groups is 1. The number of alkyl halides is 3. The van der Waals surface area contributed by atoms with E-state index >= 15 is 0 Å². The number of ether oxygens (including phenoxy) is 2. The number of anilines is 2. The lowest BCUT2D eigenvalue weighted by Crippen LogP contribution is -2.57. The number of hydrogen-bond acceptors (Lipinski definition) is 7. The SMILES string of the molecule is COc1cc(C=C2C(=O)N(c3ccccc3)C(=O)N(c3ccccc3)C2=O)ccc1Oc1ccc(C(F)(F)F)cc1[N+](=O)[O-]. The normalized spacial score (nSPS) is 13.6. The first-order chi connectivity index (χ1) is 21.0. The zero-order valence-corrected chi connectivity index (χ0v) is 22.6. The summed E-state index contributed by atoms with van der Waals surface area (Å²) in [4.78, 5) is 52.8. The number of rotatable bonds is 7. The molecule has 1 heterocycles. The Hall–Kier alpha value is -5.98. The van der Waals surface area contributed by atoms with Gasteiger partial charge in [-0.05, 0) is 60.2 Å². The van der Waals surface area contributed by atoms with Gasteiger partial charge in [-0.3, -0.25) is 19.7 Å². The number of nitro benzene ring substituents is 1. The van der Waals surface area contributed by atoms with Gasteiger partial charge >= 0.3 is 17.9 Å². The molecule has 1 fully saturated rings. The number of para-hydroxylation sites is 2. The number of methoxy groups -OCH3 is 1. The van der Waals surface area contributed by atoms with Crippen LogP contribution >= 0.6 is 0 Å². The second kappa shape index (κ2) is 11.7. The van der Waals surface area contributed by atoms with Crippen molar-refractivity contribution in [3.05, 3.63) is 124 Å². The molecule has 0 atom stereocenters. The minimum absolute atomic E-state index is 0.0137. The Bertz CT molecular complexity index is 1750. The van der Waals surface area contributed by atoms with Gasteiger partial charge in [0.1, 0.15) is 5.57 Å². The third kappa shape index (κ3) is 5.70. The molecule has 0 spiro atoms. The van der Waals surface area contributed by atoms with E-state index < -0.39 is 45.9 Å². The van der Waals surface area contributed by atoms with Crippen LogP contribution in [0.15, 0.2) is 103 Å². The fourth-order valence-electron chi connectivity index (χ4n) is 4.41. The Balaban J connectivity index is 1.54. The highest BCUT2D eigenvalue weighted by Gasteiger charge is 2.43. The summed E-state index contributed by atoms with van der Waals surface area (Å²) >= 11 is 0. The van der Waals surface area contributed by atoms with Gasteiger partial charge in [0.05, 0.1) is 29.0 Å². The minimum Gasteiger partial charge on any atom is -0.493 e. The van der Waals surface area contributed by atoms with Crippen LogP contribution in [0.5, 0.6) is 17.2 Å². The summed E-state index contributed by atoms with van der Waals surface area (Å²) < 4.78 is 50.2. The molecule has 5 rings (SSSR count). The third-order valence-corrected chi connectivity index (χ3v) is 6.48. The summed E-state index contributed by atoms with van der Waals surface area (Å²) in [5, 5.41) is 11.5. The molecule has 1 aliphatic rings. The molecule has 0 aromatic heterocycles. The smallest absolute Gasteiger partial charge is 0.416 e. The number of benzene rings is 4. The first-order valence-electron chi connectivity index (χ1n) is 12.8. The number of hydrogen-bond donors (Lipinski definition) is 0. The fraction of sp³-hybridized carbons (Fsp3) is 0.0645. The van der Waals surface area contributed by atoms with Crippen molar-refractivity contribution < 1.29 is 42.0 Å². The van der Waals surface area contributed by atoms with Gasteiger partial charge in [-0.2, -0.15) is 13.2 Å². The molecule has 10 nitrogen and oxygen atoms in total. The van der Waals surface area contributed by atoms with Crippen LogP contribution in [0.2, 0.25) is 0 Å². The molecule has 222 valence electrons. The maximum atomic E-state index is 13.6. The predicted octanol–water partition coefficient (Wildman–Crippen LogP) is 7.00. The van der Waals surface area contributed by atoms with Crippen molar-refractivity contribution in [2.45, 2.75) is 6.18 Å². The van der Waals surface area contributed by atoms with E-state index in [4.69, 9.17) is 9.47 Å². The van der Waals surface area contributed by atoms with Crippen LogP contribution in [0, 0.1) is 10.1 Å². The molecule has 0 aliphatic carbocycles. The van der Waals surface area contributed by atoms with Crippen molar-refractivity contribution in [3.63, 3.8) is 0 Å². The van der Waals surface area contributed by atoms with Gasteiger partial charge in [-0.15, -0.1) is 0 Å². The highest BCUT2D eigenvalue weighted by Crippen LogP contribution is 2.40. The minimum atomic E-state index is -4.80. The van der Waals surface area contributed by atoms with E-state index in [-0.39, 0.29) is 34.0 Å². The van der Waals surface area contributed by atoms with E-state index in [0.717, 1.165) is 15.9 Å². The van der Waals surface area contributed by atoms with Crippen molar-refractivity contribution in [1.82, 2.24) is 0 Å². The number of urea groups is 1. The molecule has 0 bridgehead atoms. The highest BCUT2D eigenvalue weighted by molar-refractivity contribution is 6.46. The lowest BCUT2D eigenvalue weighted by Gasteiger charge is -2.33. The highest BCUT2D eigenvalue weighted by atomic mass is 19.4. The Kier molecular flexibility index (Phi) is 7.86. The second-order valence-electron chi connectivity index (χ2n) is 9.24. The van der Waals surface area contributed by atoms with E-state index in [0.29, 0.717) is 12.1 Å². The van der Waals surface area contributed by atoms with E-state index in [1.54, 1.807) is 60.7 Å². The maximum Gasteiger partial charge on any atom is 0.416 e. The summed E-state index contributed by atoms with van der Waals surface area (Å²) in [6.07, 6.45) is -3.56. The van der Waals surface area contributed by atoms with Crippen molar-refractivity contribution in [2.75, 3.05) is 16.9 Å². The number of carbonyl (C=O) groups excluding carboxylic acids is 3. The quantitative estimate of drug-likeness (QED) is 0.0966. The molecule has 1 aliphatic heterocycles. The van der Waals surface area contributed by atoms with Crippen LogP contribution in [0.1, 0.15) is 11.1 Å². The topological polar surface area (TPSA) is 119 Å². The first-order valence-corrected chi connectivity index (χ1v) is 12.8. The van der Waals surface area contributed by atoms with Gasteiger partial charge in [0, 0.05) is 6.07 Å². The standard InChI is InChI=1S/C31H20F3N3O7/c1-43-27-17-19(12-14-26(27)44-25-15-13-20(31(32,33)34)18-24(25)37(41)42)16-23-28(38)35(21-8-4-2-5-9-21)30(40)36(29(23)39)22-10-6-3-7-11-22/h2-18H,1H3. The maximum absolute atomic E-state index is 13.6. The summed E-state index contributed by atoms with van der Waals surface area (Å²) in [6.45, 7) is 0. The van der Waals surface area contributed by atoms with Crippen LogP contribution in [0.3, 0.4) is 0 Å². The van der Waals surface area contributed by atoms with Crippen molar-refractivity contribution in [3.8, 4) is 17.2 Å². The average molecular weight is 604 g/mol. The van der Waals surface area contributed by atoms with Gasteiger partial charge < -0.3 is 9.47 Å². The fourth-order valence-corrected chi connectivity index (χ4v) is 4.41. The molecular weight excluding hydrogens is 583 g/mol. The summed E-state index contributed by atoms with van der Waals surface area (Å²) in [5.41, 5.74) is -1.77. The number of imide groups is 2. The van der Waals surface area contributed by atoms with Gasteiger partial charge in [-0.1, -0.05) is 42.5 Å². The molecule has 4 aromatic rings. The van der Waals surface area contributed by atoms with Gasteiger partial charge in [0.25, 0.3) is 11.8 Å². The van der Waals surface area contributed by atoms with Gasteiger partial charge in [0.15, 0.2) is 11.5 Å².